The summed E-state index contributed by atoms with van der Waals surface area (Å²) in [4.78, 5) is 3.48. The van der Waals surface area contributed by atoms with Gasteiger partial charge >= 0.3 is 0 Å². The van der Waals surface area contributed by atoms with Crippen molar-refractivity contribution in [1.82, 2.24) is 4.98 Å². The Morgan fingerprint density at radius 2 is 1.19 bits per heavy atom. The average Bonchev–Trinajstić information content (AvgIpc) is 3.07. The van der Waals surface area contributed by atoms with Gasteiger partial charge in [0.25, 0.3) is 0 Å². The molecule has 27 heavy (non-hydrogen) atoms. The number of aromatic nitrogens is 1. The van der Waals surface area contributed by atoms with E-state index >= 15 is 0 Å². The van der Waals surface area contributed by atoms with Crippen LogP contribution in [0.1, 0.15) is 11.1 Å². The van der Waals surface area contributed by atoms with Crippen LogP contribution in [-0.4, -0.2) is 16.7 Å². The molecule has 0 fully saturated rings. The molecule has 3 aromatic carbocycles. The third-order valence-electron chi connectivity index (χ3n) is 4.68. The fourth-order valence-electron chi connectivity index (χ4n) is 3.50. The molecule has 0 aliphatic heterocycles. The molecule has 0 radical (unpaired) electrons. The minimum Gasteiger partial charge on any atom is -0.384 e. The van der Waals surface area contributed by atoms with E-state index in [-0.39, 0.29) is 11.7 Å². The van der Waals surface area contributed by atoms with Crippen molar-refractivity contribution in [3.63, 3.8) is 0 Å². The van der Waals surface area contributed by atoms with Gasteiger partial charge < -0.3 is 16.5 Å². The first-order valence-corrected chi connectivity index (χ1v) is 8.56. The molecule has 1 aromatic heterocycles. The monoisotopic (exact) mass is 353 g/mol. The molecule has 0 aliphatic rings. The summed E-state index contributed by atoms with van der Waals surface area (Å²) in [5.74, 6) is 0.0248. The third-order valence-corrected chi connectivity index (χ3v) is 4.68. The van der Waals surface area contributed by atoms with E-state index in [0.29, 0.717) is 11.1 Å². The molecule has 5 nitrogen and oxygen atoms in total. The molecule has 4 aromatic rings. The lowest BCUT2D eigenvalue weighted by molar-refractivity contribution is 1.39. The maximum atomic E-state index is 7.99. The molecule has 132 valence electrons. The lowest BCUT2D eigenvalue weighted by Crippen LogP contribution is -2.13. The Bertz CT molecular complexity index is 1190. The van der Waals surface area contributed by atoms with Gasteiger partial charge in [0.05, 0.1) is 5.69 Å². The van der Waals surface area contributed by atoms with E-state index in [4.69, 9.17) is 22.3 Å². The van der Waals surface area contributed by atoms with Crippen LogP contribution >= 0.6 is 0 Å². The van der Waals surface area contributed by atoms with Gasteiger partial charge in [0.2, 0.25) is 0 Å². The van der Waals surface area contributed by atoms with Crippen LogP contribution in [0, 0.1) is 10.8 Å². The standard InChI is InChI=1S/C22H19N5/c23-21(24)15-9-3-1-7-13(15)19-17-11-5-6-12-18(17)27-20(19)14-8-2-4-10-16(14)22(25)26/h1-12,27H,(H3,23,24)(H3,25,26). The van der Waals surface area contributed by atoms with Crippen LogP contribution < -0.4 is 11.5 Å². The van der Waals surface area contributed by atoms with Crippen molar-refractivity contribution >= 4 is 22.6 Å². The van der Waals surface area contributed by atoms with Crippen molar-refractivity contribution in [3.05, 3.63) is 83.9 Å². The number of nitrogen functional groups attached to an aromatic ring is 2. The molecule has 0 spiro atoms. The summed E-state index contributed by atoms with van der Waals surface area (Å²) in [7, 11) is 0. The minimum absolute atomic E-state index is 0.00931. The molecule has 0 atom stereocenters. The molecule has 4 rings (SSSR count). The number of nitrogens with one attached hydrogen (secondary N) is 3. The largest absolute Gasteiger partial charge is 0.384 e. The maximum absolute atomic E-state index is 7.99. The van der Waals surface area contributed by atoms with Gasteiger partial charge in [-0.1, -0.05) is 66.7 Å². The predicted octanol–water partition coefficient (Wildman–Crippen LogP) is 4.07. The summed E-state index contributed by atoms with van der Waals surface area (Å²) in [5, 5.41) is 17.0. The van der Waals surface area contributed by atoms with Crippen molar-refractivity contribution in [2.24, 2.45) is 11.5 Å². The van der Waals surface area contributed by atoms with Crippen LogP contribution in [0.2, 0.25) is 0 Å². The number of nitrogens with two attached hydrogens (primary N) is 2. The van der Waals surface area contributed by atoms with Gasteiger partial charge in [-0.2, -0.15) is 0 Å². The highest BCUT2D eigenvalue weighted by atomic mass is 14.7. The Morgan fingerprint density at radius 3 is 1.85 bits per heavy atom. The van der Waals surface area contributed by atoms with E-state index in [2.05, 4.69) is 4.98 Å². The van der Waals surface area contributed by atoms with Crippen LogP contribution in [0.5, 0.6) is 0 Å². The molecule has 0 saturated heterocycles. The third kappa shape index (κ3) is 2.75. The maximum Gasteiger partial charge on any atom is 0.123 e. The van der Waals surface area contributed by atoms with Gasteiger partial charge in [-0.15, -0.1) is 0 Å². The first-order valence-electron chi connectivity index (χ1n) is 8.56. The second kappa shape index (κ2) is 6.46. The Hall–Kier alpha value is -3.86. The zero-order chi connectivity index (χ0) is 19.0. The smallest absolute Gasteiger partial charge is 0.123 e. The van der Waals surface area contributed by atoms with Gasteiger partial charge in [-0.25, -0.2) is 0 Å². The number of amidine groups is 2. The quantitative estimate of drug-likeness (QED) is 0.281. The van der Waals surface area contributed by atoms with Crippen LogP contribution in [0.4, 0.5) is 0 Å². The molecule has 0 bridgehead atoms. The normalized spacial score (nSPS) is 10.8. The van der Waals surface area contributed by atoms with E-state index in [1.54, 1.807) is 0 Å². The van der Waals surface area contributed by atoms with Crippen molar-refractivity contribution in [3.8, 4) is 22.4 Å². The summed E-state index contributed by atoms with van der Waals surface area (Å²) in [6, 6.07) is 23.2. The fourth-order valence-corrected chi connectivity index (χ4v) is 3.50. The Kier molecular flexibility index (Phi) is 3.97. The topological polar surface area (TPSA) is 116 Å². The van der Waals surface area contributed by atoms with Crippen molar-refractivity contribution in [2.75, 3.05) is 0 Å². The average molecular weight is 353 g/mol. The van der Waals surface area contributed by atoms with E-state index in [9.17, 15) is 0 Å². The zero-order valence-corrected chi connectivity index (χ0v) is 14.6. The Morgan fingerprint density at radius 1 is 0.667 bits per heavy atom. The Balaban J connectivity index is 2.13. The molecule has 0 saturated carbocycles. The van der Waals surface area contributed by atoms with Crippen LogP contribution in [0.3, 0.4) is 0 Å². The SMILES string of the molecule is N=C(N)c1ccccc1-c1[nH]c2ccccc2c1-c1ccccc1C(=N)N. The molecule has 5 heteroatoms. The molecule has 0 aliphatic carbocycles. The van der Waals surface area contributed by atoms with Crippen molar-refractivity contribution in [2.45, 2.75) is 0 Å². The molecular weight excluding hydrogens is 334 g/mol. The molecule has 1 heterocycles. The van der Waals surface area contributed by atoms with E-state index in [0.717, 1.165) is 33.3 Å². The second-order valence-electron chi connectivity index (χ2n) is 6.34. The van der Waals surface area contributed by atoms with Crippen molar-refractivity contribution < 1.29 is 0 Å². The van der Waals surface area contributed by atoms with Gasteiger partial charge in [-0.05, 0) is 11.6 Å². The molecular formula is C22H19N5. The highest BCUT2D eigenvalue weighted by Crippen LogP contribution is 2.40. The first kappa shape index (κ1) is 16.6. The van der Waals surface area contributed by atoms with Gasteiger partial charge in [0.15, 0.2) is 0 Å². The number of H-pyrrole nitrogens is 1. The summed E-state index contributed by atoms with van der Waals surface area (Å²) in [5.41, 5.74) is 17.5. The van der Waals surface area contributed by atoms with E-state index in [1.807, 2.05) is 72.8 Å². The van der Waals surface area contributed by atoms with Gasteiger partial charge in [0, 0.05) is 33.2 Å². The molecule has 7 N–H and O–H groups in total. The molecule has 0 unspecified atom stereocenters. The minimum atomic E-state index is 0.00931. The summed E-state index contributed by atoms with van der Waals surface area (Å²) < 4.78 is 0. The second-order valence-corrected chi connectivity index (χ2v) is 6.34. The predicted molar refractivity (Wildman–Crippen MR) is 111 cm³/mol. The fraction of sp³-hybridized carbons (Fsp3) is 0. The van der Waals surface area contributed by atoms with Gasteiger partial charge in [-0.3, -0.25) is 10.8 Å². The van der Waals surface area contributed by atoms with Gasteiger partial charge in [0.1, 0.15) is 11.7 Å². The lowest BCUT2D eigenvalue weighted by Gasteiger charge is -2.13. The van der Waals surface area contributed by atoms with E-state index < -0.39 is 0 Å². The number of benzene rings is 3. The van der Waals surface area contributed by atoms with Crippen LogP contribution in [0.15, 0.2) is 72.8 Å². The van der Waals surface area contributed by atoms with Crippen LogP contribution in [0.25, 0.3) is 33.3 Å². The number of aromatic amines is 1. The lowest BCUT2D eigenvalue weighted by atomic mass is 9.92. The van der Waals surface area contributed by atoms with E-state index in [1.165, 1.54) is 0 Å². The number of para-hydroxylation sites is 1. The Labute approximate surface area is 156 Å². The zero-order valence-electron chi connectivity index (χ0n) is 14.6. The summed E-state index contributed by atoms with van der Waals surface area (Å²) in [6.07, 6.45) is 0. The number of hydrogen-bond acceptors (Lipinski definition) is 2. The van der Waals surface area contributed by atoms with Crippen molar-refractivity contribution in [1.29, 1.82) is 10.8 Å². The summed E-state index contributed by atoms with van der Waals surface area (Å²) >= 11 is 0. The first-order chi connectivity index (χ1) is 13.1. The number of hydrogen-bond donors (Lipinski definition) is 5. The number of rotatable bonds is 4. The summed E-state index contributed by atoms with van der Waals surface area (Å²) in [6.45, 7) is 0. The van der Waals surface area contributed by atoms with Crippen LogP contribution in [-0.2, 0) is 0 Å². The number of fused-ring (bicyclic) bond motifs is 1. The highest BCUT2D eigenvalue weighted by molar-refractivity contribution is 6.12. The highest BCUT2D eigenvalue weighted by Gasteiger charge is 2.20. The molecule has 0 amide bonds.